The molecule has 0 aromatic heterocycles. The quantitative estimate of drug-likeness (QED) is 0.668. The molecule has 1 atom stereocenters. The molecule has 0 saturated carbocycles. The van der Waals surface area contributed by atoms with Crippen molar-refractivity contribution in [3.8, 4) is 0 Å². The van der Waals surface area contributed by atoms with Gasteiger partial charge in [0.15, 0.2) is 0 Å². The van der Waals surface area contributed by atoms with Crippen molar-refractivity contribution in [1.29, 1.82) is 0 Å². The number of nitrogens with two attached hydrogens (primary N) is 1. The van der Waals surface area contributed by atoms with Crippen LogP contribution in [0.1, 0.15) is 6.92 Å². The molecule has 1 unspecified atom stereocenters. The summed E-state index contributed by atoms with van der Waals surface area (Å²) in [5.41, 5.74) is 7.22. The number of hydrogen-bond acceptors (Lipinski definition) is 3. The van der Waals surface area contributed by atoms with Gasteiger partial charge in [-0.25, -0.2) is 0 Å². The van der Waals surface area contributed by atoms with Crippen molar-refractivity contribution in [2.75, 3.05) is 0 Å². The molecular formula is C14H14BCl2NO2. The molecule has 2 rings (SSSR count). The van der Waals surface area contributed by atoms with Gasteiger partial charge in [0.05, 0.1) is 0 Å². The highest BCUT2D eigenvalue weighted by Crippen LogP contribution is 2.09. The second-order valence-corrected chi connectivity index (χ2v) is 5.53. The molecule has 6 heteroatoms. The molecule has 0 bridgehead atoms. The summed E-state index contributed by atoms with van der Waals surface area (Å²) in [6, 6.07) is 14.3. The standard InChI is InChI=1S/C14H14BCl2NO2/c1-14(18,19)20-15(10-2-6-12(16)7-3-10)11-4-8-13(17)9-5-11/h2-9,19H,18H2,1H3. The molecule has 2 aromatic carbocycles. The van der Waals surface area contributed by atoms with Crippen LogP contribution in [0, 0.1) is 0 Å². The zero-order chi connectivity index (χ0) is 14.8. The lowest BCUT2D eigenvalue weighted by Crippen LogP contribution is -2.54. The van der Waals surface area contributed by atoms with Gasteiger partial charge in [-0.1, -0.05) is 47.5 Å². The minimum Gasteiger partial charge on any atom is -0.388 e. The van der Waals surface area contributed by atoms with Gasteiger partial charge in [0.1, 0.15) is 0 Å². The number of halogens is 2. The molecule has 2 aromatic rings. The summed E-state index contributed by atoms with van der Waals surface area (Å²) in [6.45, 7) is 0.871. The molecule has 0 saturated heterocycles. The third kappa shape index (κ3) is 4.23. The first kappa shape index (κ1) is 15.4. The highest BCUT2D eigenvalue weighted by Gasteiger charge is 2.28. The van der Waals surface area contributed by atoms with Crippen molar-refractivity contribution in [1.82, 2.24) is 0 Å². The first-order valence-electron chi connectivity index (χ1n) is 6.05. The van der Waals surface area contributed by atoms with E-state index in [9.17, 15) is 5.11 Å². The fourth-order valence-electron chi connectivity index (χ4n) is 1.84. The van der Waals surface area contributed by atoms with E-state index in [1.165, 1.54) is 6.92 Å². The summed E-state index contributed by atoms with van der Waals surface area (Å²) in [4.78, 5) is 0. The van der Waals surface area contributed by atoms with E-state index >= 15 is 0 Å². The maximum Gasteiger partial charge on any atom is 0.365 e. The predicted octanol–water partition coefficient (Wildman–Crippen LogP) is 1.74. The molecule has 0 aliphatic heterocycles. The van der Waals surface area contributed by atoms with Crippen LogP contribution in [0.25, 0.3) is 0 Å². The van der Waals surface area contributed by atoms with Crippen LogP contribution in [-0.2, 0) is 4.65 Å². The second-order valence-electron chi connectivity index (χ2n) is 4.66. The number of aliphatic hydroxyl groups is 1. The Hall–Kier alpha value is -1.04. The Morgan fingerprint density at radius 2 is 1.30 bits per heavy atom. The topological polar surface area (TPSA) is 55.5 Å². The highest BCUT2D eigenvalue weighted by atomic mass is 35.5. The monoisotopic (exact) mass is 309 g/mol. The third-order valence-corrected chi connectivity index (χ3v) is 3.21. The van der Waals surface area contributed by atoms with E-state index < -0.39 is 12.8 Å². The fourth-order valence-corrected chi connectivity index (χ4v) is 2.09. The zero-order valence-corrected chi connectivity index (χ0v) is 12.4. The molecule has 0 fully saturated rings. The van der Waals surface area contributed by atoms with Crippen molar-refractivity contribution in [3.63, 3.8) is 0 Å². The number of rotatable bonds is 4. The van der Waals surface area contributed by atoms with E-state index in [-0.39, 0.29) is 0 Å². The predicted molar refractivity (Wildman–Crippen MR) is 83.8 cm³/mol. The van der Waals surface area contributed by atoms with Crippen LogP contribution in [-0.4, -0.2) is 17.9 Å². The van der Waals surface area contributed by atoms with Gasteiger partial charge in [-0.2, -0.15) is 0 Å². The lowest BCUT2D eigenvalue weighted by Gasteiger charge is -2.24. The molecule has 104 valence electrons. The van der Waals surface area contributed by atoms with E-state index in [0.717, 1.165) is 10.9 Å². The molecule has 0 aliphatic carbocycles. The van der Waals surface area contributed by atoms with Crippen LogP contribution in [0.2, 0.25) is 10.0 Å². The Balaban J connectivity index is 2.38. The second kappa shape index (κ2) is 6.16. The van der Waals surface area contributed by atoms with Gasteiger partial charge in [0.2, 0.25) is 5.91 Å². The normalized spacial score (nSPS) is 13.8. The first-order chi connectivity index (χ1) is 9.35. The molecule has 0 heterocycles. The summed E-state index contributed by atoms with van der Waals surface area (Å²) in [6.07, 6.45) is 0. The Labute approximate surface area is 128 Å². The van der Waals surface area contributed by atoms with E-state index in [1.54, 1.807) is 24.3 Å². The van der Waals surface area contributed by atoms with Crippen molar-refractivity contribution in [2.24, 2.45) is 5.73 Å². The van der Waals surface area contributed by atoms with E-state index in [0.29, 0.717) is 10.0 Å². The van der Waals surface area contributed by atoms with E-state index in [4.69, 9.17) is 33.6 Å². The van der Waals surface area contributed by atoms with Gasteiger partial charge >= 0.3 is 6.92 Å². The summed E-state index contributed by atoms with van der Waals surface area (Å²) in [5, 5.41) is 11.0. The minimum atomic E-state index is -1.75. The van der Waals surface area contributed by atoms with Crippen LogP contribution in [0.4, 0.5) is 0 Å². The Kier molecular flexibility index (Phi) is 4.73. The van der Waals surface area contributed by atoms with Crippen molar-refractivity contribution < 1.29 is 9.76 Å². The highest BCUT2D eigenvalue weighted by molar-refractivity contribution is 6.80. The lowest BCUT2D eigenvalue weighted by atomic mass is 9.55. The van der Waals surface area contributed by atoms with Crippen LogP contribution < -0.4 is 16.7 Å². The maximum absolute atomic E-state index is 9.72. The molecule has 20 heavy (non-hydrogen) atoms. The van der Waals surface area contributed by atoms with Crippen LogP contribution in [0.3, 0.4) is 0 Å². The number of hydrogen-bond donors (Lipinski definition) is 2. The molecule has 3 N–H and O–H groups in total. The largest absolute Gasteiger partial charge is 0.388 e. The lowest BCUT2D eigenvalue weighted by molar-refractivity contribution is -0.116. The molecule has 0 amide bonds. The zero-order valence-electron chi connectivity index (χ0n) is 10.9. The summed E-state index contributed by atoms with van der Waals surface area (Å²) in [5.74, 6) is -1.75. The van der Waals surface area contributed by atoms with Crippen LogP contribution in [0.15, 0.2) is 48.5 Å². The molecule has 0 spiro atoms. The Morgan fingerprint density at radius 1 is 0.950 bits per heavy atom. The summed E-state index contributed by atoms with van der Waals surface area (Å²) >= 11 is 11.8. The SMILES string of the molecule is CC(N)(O)OB(c1ccc(Cl)cc1)c1ccc(Cl)cc1. The molecule has 0 radical (unpaired) electrons. The van der Waals surface area contributed by atoms with Crippen molar-refractivity contribution >= 4 is 41.0 Å². The smallest absolute Gasteiger partial charge is 0.365 e. The van der Waals surface area contributed by atoms with Gasteiger partial charge in [0.25, 0.3) is 0 Å². The number of benzene rings is 2. The first-order valence-corrected chi connectivity index (χ1v) is 6.81. The average Bonchev–Trinajstić information content (AvgIpc) is 2.37. The van der Waals surface area contributed by atoms with Crippen molar-refractivity contribution in [2.45, 2.75) is 12.8 Å². The van der Waals surface area contributed by atoms with Gasteiger partial charge in [-0.05, 0) is 35.2 Å². The van der Waals surface area contributed by atoms with Gasteiger partial charge < -0.3 is 9.76 Å². The fraction of sp³-hybridized carbons (Fsp3) is 0.143. The third-order valence-electron chi connectivity index (χ3n) is 2.70. The summed E-state index contributed by atoms with van der Waals surface area (Å²) < 4.78 is 5.54. The average molecular weight is 310 g/mol. The van der Waals surface area contributed by atoms with Crippen LogP contribution >= 0.6 is 23.2 Å². The maximum atomic E-state index is 9.72. The molecular weight excluding hydrogens is 296 g/mol. The van der Waals surface area contributed by atoms with Crippen molar-refractivity contribution in [3.05, 3.63) is 58.6 Å². The molecule has 0 aliphatic rings. The van der Waals surface area contributed by atoms with E-state index in [2.05, 4.69) is 0 Å². The minimum absolute atomic E-state index is 0.510. The molecule has 3 nitrogen and oxygen atoms in total. The van der Waals surface area contributed by atoms with E-state index in [1.807, 2.05) is 24.3 Å². The van der Waals surface area contributed by atoms with Gasteiger partial charge in [-0.15, -0.1) is 0 Å². The Bertz CT molecular complexity index is 522. The van der Waals surface area contributed by atoms with Gasteiger partial charge in [-0.3, -0.25) is 5.73 Å². The summed E-state index contributed by atoms with van der Waals surface area (Å²) in [7, 11) is 0. The van der Waals surface area contributed by atoms with Crippen LogP contribution in [0.5, 0.6) is 0 Å². The van der Waals surface area contributed by atoms with Gasteiger partial charge in [0, 0.05) is 17.0 Å². The Morgan fingerprint density at radius 3 is 1.60 bits per heavy atom.